The molecule has 2 heterocycles. The fourth-order valence-electron chi connectivity index (χ4n) is 4.10. The van der Waals surface area contributed by atoms with Crippen LogP contribution in [0.5, 0.6) is 0 Å². The molecule has 0 radical (unpaired) electrons. The van der Waals surface area contributed by atoms with E-state index in [1.807, 2.05) is 4.72 Å². The van der Waals surface area contributed by atoms with E-state index in [-0.39, 0.29) is 31.1 Å². The Morgan fingerprint density at radius 1 is 1.21 bits per heavy atom. The third-order valence-corrected chi connectivity index (χ3v) is 8.01. The number of amides is 3. The zero-order valence-corrected chi connectivity index (χ0v) is 20.7. The molecular formula is C20H25Cl2N5O5S. The molecule has 1 aliphatic heterocycles. The Balaban J connectivity index is 1.96. The minimum atomic E-state index is -4.12. The second-order valence-corrected chi connectivity index (χ2v) is 10.5. The average Bonchev–Trinajstić information content (AvgIpc) is 3.07. The van der Waals surface area contributed by atoms with Crippen molar-refractivity contribution in [2.75, 3.05) is 20.1 Å². The summed E-state index contributed by atoms with van der Waals surface area (Å²) in [6.45, 7) is 1.07. The molecule has 3 amide bonds. The van der Waals surface area contributed by atoms with Crippen molar-refractivity contribution in [1.82, 2.24) is 24.2 Å². The van der Waals surface area contributed by atoms with Crippen LogP contribution in [0, 0.1) is 0 Å². The first-order valence-electron chi connectivity index (χ1n) is 10.1. The molecule has 0 bridgehead atoms. The molecule has 180 valence electrons. The Kier molecular flexibility index (Phi) is 7.27. The highest BCUT2D eigenvalue weighted by Crippen LogP contribution is 2.33. The van der Waals surface area contributed by atoms with Crippen molar-refractivity contribution < 1.29 is 22.8 Å². The van der Waals surface area contributed by atoms with Gasteiger partial charge < -0.3 is 15.2 Å². The monoisotopic (exact) mass is 517 g/mol. The smallest absolute Gasteiger partial charge is 0.303 e. The van der Waals surface area contributed by atoms with Gasteiger partial charge in [0.1, 0.15) is 5.69 Å². The first-order chi connectivity index (χ1) is 15.4. The number of aryl methyl sites for hydroxylation is 1. The molecule has 0 spiro atoms. The van der Waals surface area contributed by atoms with Crippen molar-refractivity contribution in [1.29, 1.82) is 0 Å². The van der Waals surface area contributed by atoms with Crippen molar-refractivity contribution in [2.45, 2.75) is 31.7 Å². The van der Waals surface area contributed by atoms with Gasteiger partial charge in [-0.05, 0) is 31.0 Å². The van der Waals surface area contributed by atoms with E-state index in [4.69, 9.17) is 23.2 Å². The van der Waals surface area contributed by atoms with Crippen molar-refractivity contribution >= 4 is 62.0 Å². The molecule has 1 saturated heterocycles. The number of nitrogens with one attached hydrogen (secondary N) is 3. The quantitative estimate of drug-likeness (QED) is 0.535. The maximum absolute atomic E-state index is 13.3. The largest absolute Gasteiger partial charge is 0.359 e. The van der Waals surface area contributed by atoms with E-state index in [1.165, 1.54) is 7.05 Å². The van der Waals surface area contributed by atoms with Crippen LogP contribution < -0.4 is 15.4 Å². The number of hydrogen-bond donors (Lipinski definition) is 3. The van der Waals surface area contributed by atoms with E-state index in [0.29, 0.717) is 33.8 Å². The Morgan fingerprint density at radius 2 is 1.91 bits per heavy atom. The summed E-state index contributed by atoms with van der Waals surface area (Å²) in [5.41, 5.74) is -0.223. The van der Waals surface area contributed by atoms with E-state index in [1.54, 1.807) is 29.8 Å². The van der Waals surface area contributed by atoms with E-state index < -0.39 is 27.6 Å². The molecule has 0 saturated carbocycles. The number of rotatable bonds is 6. The molecule has 10 nitrogen and oxygen atoms in total. The average molecular weight is 518 g/mol. The number of benzene rings is 1. The van der Waals surface area contributed by atoms with Gasteiger partial charge in [-0.25, -0.2) is 4.72 Å². The number of piperidine rings is 1. The molecule has 2 aromatic rings. The lowest BCUT2D eigenvalue weighted by Gasteiger charge is -2.42. The van der Waals surface area contributed by atoms with Gasteiger partial charge in [-0.3, -0.25) is 14.4 Å². The lowest BCUT2D eigenvalue weighted by molar-refractivity contribution is -0.122. The van der Waals surface area contributed by atoms with Gasteiger partial charge in [-0.2, -0.15) is 12.7 Å². The third kappa shape index (κ3) is 5.26. The Morgan fingerprint density at radius 3 is 2.55 bits per heavy atom. The number of carbonyl (C=O) groups is 3. The standard InChI is InChI=1S/C20H25Cl2N5O5S/c1-12(28)25-33(31,32)27-8-4-7-20(11-27,10-17(29)23-2)24-19(30)16-9-13-15(26(16)3)6-5-14(21)18(13)22/h5-6,9H,4,7-8,10-11H2,1-3H3,(H,23,29)(H,24,30)(H,25,28). The van der Waals surface area contributed by atoms with Gasteiger partial charge in [0.05, 0.1) is 22.0 Å². The normalized spacial score (nSPS) is 19.3. The molecule has 1 fully saturated rings. The molecule has 1 unspecified atom stereocenters. The van der Waals surface area contributed by atoms with Crippen molar-refractivity contribution in [3.8, 4) is 0 Å². The van der Waals surface area contributed by atoms with Gasteiger partial charge in [0.15, 0.2) is 0 Å². The molecule has 1 aromatic heterocycles. The van der Waals surface area contributed by atoms with Crippen LogP contribution in [0.25, 0.3) is 10.9 Å². The lowest BCUT2D eigenvalue weighted by atomic mass is 9.86. The third-order valence-electron chi connectivity index (χ3n) is 5.66. The zero-order valence-electron chi connectivity index (χ0n) is 18.4. The molecule has 1 aliphatic rings. The first-order valence-corrected chi connectivity index (χ1v) is 12.3. The van der Waals surface area contributed by atoms with Gasteiger partial charge >= 0.3 is 10.2 Å². The summed E-state index contributed by atoms with van der Waals surface area (Å²) in [7, 11) is -0.966. The maximum atomic E-state index is 13.3. The van der Waals surface area contributed by atoms with E-state index in [0.717, 1.165) is 11.2 Å². The molecule has 0 aliphatic carbocycles. The minimum absolute atomic E-state index is 0.141. The predicted molar refractivity (Wildman–Crippen MR) is 125 cm³/mol. The Hall–Kier alpha value is -2.34. The van der Waals surface area contributed by atoms with E-state index in [2.05, 4.69) is 10.6 Å². The van der Waals surface area contributed by atoms with Crippen LogP contribution in [0.15, 0.2) is 18.2 Å². The van der Waals surface area contributed by atoms with Crippen LogP contribution in [-0.4, -0.2) is 60.7 Å². The Bertz CT molecular complexity index is 1230. The number of carbonyl (C=O) groups excluding carboxylic acids is 3. The van der Waals surface area contributed by atoms with E-state index >= 15 is 0 Å². The van der Waals surface area contributed by atoms with E-state index in [9.17, 15) is 22.8 Å². The van der Waals surface area contributed by atoms with Gasteiger partial charge in [0, 0.05) is 45.0 Å². The predicted octanol–water partition coefficient (Wildman–Crippen LogP) is 1.57. The number of halogens is 2. The molecule has 1 aromatic carbocycles. The lowest BCUT2D eigenvalue weighted by Crippen LogP contribution is -2.62. The maximum Gasteiger partial charge on any atom is 0.303 e. The van der Waals surface area contributed by atoms with Crippen LogP contribution in [-0.2, 0) is 26.8 Å². The van der Waals surface area contributed by atoms with Crippen molar-refractivity contribution in [3.05, 3.63) is 33.9 Å². The molecule has 3 N–H and O–H groups in total. The molecular weight excluding hydrogens is 493 g/mol. The van der Waals surface area contributed by atoms with Gasteiger partial charge in [-0.1, -0.05) is 23.2 Å². The number of nitrogens with zero attached hydrogens (tertiary/aromatic N) is 2. The minimum Gasteiger partial charge on any atom is -0.359 e. The fourth-order valence-corrected chi connectivity index (χ4v) is 5.76. The second kappa shape index (κ2) is 9.49. The Labute approximate surface area is 201 Å². The molecule has 33 heavy (non-hydrogen) atoms. The van der Waals surface area contributed by atoms with Crippen LogP contribution in [0.1, 0.15) is 36.7 Å². The second-order valence-electron chi connectivity index (χ2n) is 8.07. The van der Waals surface area contributed by atoms with Crippen LogP contribution in [0.2, 0.25) is 10.0 Å². The zero-order chi connectivity index (χ0) is 24.6. The van der Waals surface area contributed by atoms with Crippen molar-refractivity contribution in [3.63, 3.8) is 0 Å². The van der Waals surface area contributed by atoms with Crippen molar-refractivity contribution in [2.24, 2.45) is 7.05 Å². The summed E-state index contributed by atoms with van der Waals surface area (Å²) >= 11 is 12.4. The highest BCUT2D eigenvalue weighted by atomic mass is 35.5. The molecule has 13 heteroatoms. The molecule has 1 atom stereocenters. The molecule has 3 rings (SSSR count). The number of aromatic nitrogens is 1. The summed E-state index contributed by atoms with van der Waals surface area (Å²) in [4.78, 5) is 37.0. The SMILES string of the molecule is CNC(=O)CC1(NC(=O)c2cc3c(Cl)c(Cl)ccc3n2C)CCCN(S(=O)(=O)NC(C)=O)C1. The summed E-state index contributed by atoms with van der Waals surface area (Å²) in [6, 6.07) is 4.97. The van der Waals surface area contributed by atoms with Crippen LogP contribution >= 0.6 is 23.2 Å². The van der Waals surface area contributed by atoms with Gasteiger partial charge in [0.25, 0.3) is 5.91 Å². The topological polar surface area (TPSA) is 130 Å². The summed E-state index contributed by atoms with van der Waals surface area (Å²) in [5.74, 6) is -1.59. The van der Waals surface area contributed by atoms with Gasteiger partial charge in [-0.15, -0.1) is 0 Å². The first kappa shape index (κ1) is 25.3. The van der Waals surface area contributed by atoms with Crippen LogP contribution in [0.3, 0.4) is 0 Å². The summed E-state index contributed by atoms with van der Waals surface area (Å²) in [6.07, 6.45) is 0.610. The highest BCUT2D eigenvalue weighted by Gasteiger charge is 2.43. The number of fused-ring (bicyclic) bond motifs is 1. The number of hydrogen-bond acceptors (Lipinski definition) is 5. The summed E-state index contributed by atoms with van der Waals surface area (Å²) in [5, 5.41) is 6.66. The fraction of sp³-hybridized carbons (Fsp3) is 0.450. The highest BCUT2D eigenvalue weighted by molar-refractivity contribution is 7.87. The van der Waals surface area contributed by atoms with Crippen LogP contribution in [0.4, 0.5) is 0 Å². The summed E-state index contributed by atoms with van der Waals surface area (Å²) < 4.78 is 29.8. The van der Waals surface area contributed by atoms with Gasteiger partial charge in [0.2, 0.25) is 11.8 Å².